The summed E-state index contributed by atoms with van der Waals surface area (Å²) in [6.07, 6.45) is 0.648. The van der Waals surface area contributed by atoms with Gasteiger partial charge in [-0.3, -0.25) is 9.59 Å². The van der Waals surface area contributed by atoms with Crippen LogP contribution in [0.5, 0.6) is 5.75 Å². The van der Waals surface area contributed by atoms with E-state index in [1.54, 1.807) is 12.0 Å². The lowest BCUT2D eigenvalue weighted by atomic mass is 10.1. The van der Waals surface area contributed by atoms with Crippen LogP contribution in [0.25, 0.3) is 0 Å². The van der Waals surface area contributed by atoms with Crippen molar-refractivity contribution in [3.05, 3.63) is 29.3 Å². The van der Waals surface area contributed by atoms with Gasteiger partial charge in [0.2, 0.25) is 16.9 Å². The van der Waals surface area contributed by atoms with Gasteiger partial charge < -0.3 is 19.7 Å². The van der Waals surface area contributed by atoms with Crippen molar-refractivity contribution in [1.82, 2.24) is 10.2 Å². The fraction of sp³-hybridized carbons (Fsp3) is 0.444. The molecule has 144 valence electrons. The Morgan fingerprint density at radius 3 is 2.81 bits per heavy atom. The highest BCUT2D eigenvalue weighted by Crippen LogP contribution is 2.34. The molecule has 0 spiro atoms. The molecule has 1 unspecified atom stereocenters. The molecule has 1 aliphatic rings. The molecule has 2 heterocycles. The number of carbonyl (C=O) groups is 2. The first-order chi connectivity index (χ1) is 13.1. The Hall–Kier alpha value is -2.52. The molecule has 1 fully saturated rings. The Morgan fingerprint density at radius 1 is 1.33 bits per heavy atom. The predicted octanol–water partition coefficient (Wildman–Crippen LogP) is 2.43. The number of rotatable bonds is 8. The van der Waals surface area contributed by atoms with Gasteiger partial charge in [-0.15, -0.1) is 10.2 Å². The molecule has 9 heteroatoms. The quantitative estimate of drug-likeness (QED) is 0.696. The number of benzene rings is 1. The van der Waals surface area contributed by atoms with Gasteiger partial charge in [0.1, 0.15) is 10.8 Å². The van der Waals surface area contributed by atoms with Gasteiger partial charge in [-0.2, -0.15) is 0 Å². The summed E-state index contributed by atoms with van der Waals surface area (Å²) in [4.78, 5) is 26.0. The third kappa shape index (κ3) is 4.81. The Labute approximate surface area is 161 Å². The number of methoxy groups -OCH3 is 1. The smallest absolute Gasteiger partial charge is 0.228 e. The van der Waals surface area contributed by atoms with E-state index in [1.165, 1.54) is 11.3 Å². The van der Waals surface area contributed by atoms with Gasteiger partial charge in [0.25, 0.3) is 0 Å². The molecule has 2 amide bonds. The predicted molar refractivity (Wildman–Crippen MR) is 102 cm³/mol. The van der Waals surface area contributed by atoms with Crippen LogP contribution in [0, 0.1) is 0 Å². The van der Waals surface area contributed by atoms with E-state index in [-0.39, 0.29) is 24.2 Å². The number of carbonyl (C=O) groups excluding carboxylic acids is 2. The van der Waals surface area contributed by atoms with E-state index in [1.807, 2.05) is 31.2 Å². The van der Waals surface area contributed by atoms with Crippen molar-refractivity contribution >= 4 is 34.0 Å². The average Bonchev–Trinajstić information content (AvgIpc) is 3.28. The van der Waals surface area contributed by atoms with Crippen molar-refractivity contribution in [2.75, 3.05) is 37.1 Å². The Balaban J connectivity index is 1.60. The molecule has 1 N–H and O–H groups in total. The summed E-state index contributed by atoms with van der Waals surface area (Å²) in [5, 5.41) is 12.1. The van der Waals surface area contributed by atoms with Crippen LogP contribution in [0.1, 0.15) is 30.7 Å². The van der Waals surface area contributed by atoms with E-state index < -0.39 is 0 Å². The van der Waals surface area contributed by atoms with Crippen LogP contribution in [-0.2, 0) is 14.3 Å². The molecule has 8 nitrogen and oxygen atoms in total. The van der Waals surface area contributed by atoms with Crippen LogP contribution in [0.2, 0.25) is 0 Å². The average molecular weight is 390 g/mol. The second-order valence-electron chi connectivity index (χ2n) is 6.04. The zero-order valence-electron chi connectivity index (χ0n) is 15.3. The molecule has 0 saturated carbocycles. The Morgan fingerprint density at radius 2 is 2.11 bits per heavy atom. The fourth-order valence-electron chi connectivity index (χ4n) is 2.83. The van der Waals surface area contributed by atoms with E-state index in [2.05, 4.69) is 15.5 Å². The van der Waals surface area contributed by atoms with Gasteiger partial charge in [0.05, 0.1) is 20.1 Å². The van der Waals surface area contributed by atoms with Gasteiger partial charge >= 0.3 is 0 Å². The summed E-state index contributed by atoms with van der Waals surface area (Å²) >= 11 is 1.31. The maximum absolute atomic E-state index is 12.4. The molecular weight excluding hydrogens is 368 g/mol. The summed E-state index contributed by atoms with van der Waals surface area (Å²) in [6.45, 7) is 3.38. The monoisotopic (exact) mass is 390 g/mol. The SMILES string of the molecule is CCOCCC(=O)Nc1nnc(C2CC(=O)N(c3ccc(OC)cc3)C2)s1. The zero-order valence-corrected chi connectivity index (χ0v) is 16.1. The van der Waals surface area contributed by atoms with Crippen LogP contribution in [-0.4, -0.2) is 48.9 Å². The molecule has 1 aromatic heterocycles. The summed E-state index contributed by atoms with van der Waals surface area (Å²) < 4.78 is 10.3. The van der Waals surface area contributed by atoms with Gasteiger partial charge in [0.15, 0.2) is 0 Å². The number of nitrogens with one attached hydrogen (secondary N) is 1. The largest absolute Gasteiger partial charge is 0.497 e. The number of hydrogen-bond donors (Lipinski definition) is 1. The Bertz CT molecular complexity index is 793. The highest BCUT2D eigenvalue weighted by atomic mass is 32.1. The van der Waals surface area contributed by atoms with Crippen molar-refractivity contribution in [3.63, 3.8) is 0 Å². The van der Waals surface area contributed by atoms with E-state index in [9.17, 15) is 9.59 Å². The number of anilines is 2. The lowest BCUT2D eigenvalue weighted by Crippen LogP contribution is -2.24. The van der Waals surface area contributed by atoms with Crippen LogP contribution in [0.15, 0.2) is 24.3 Å². The van der Waals surface area contributed by atoms with E-state index in [0.717, 1.165) is 16.4 Å². The summed E-state index contributed by atoms with van der Waals surface area (Å²) in [5.74, 6) is 0.596. The lowest BCUT2D eigenvalue weighted by Gasteiger charge is -2.16. The molecule has 0 aliphatic carbocycles. The maximum Gasteiger partial charge on any atom is 0.228 e. The highest BCUT2D eigenvalue weighted by molar-refractivity contribution is 7.15. The fourth-order valence-corrected chi connectivity index (χ4v) is 3.68. The summed E-state index contributed by atoms with van der Waals surface area (Å²) in [7, 11) is 1.61. The van der Waals surface area contributed by atoms with Crippen molar-refractivity contribution in [3.8, 4) is 5.75 Å². The normalized spacial score (nSPS) is 16.6. The summed E-state index contributed by atoms with van der Waals surface area (Å²) in [6, 6.07) is 7.39. The molecular formula is C18H22N4O4S. The maximum atomic E-state index is 12.4. The minimum atomic E-state index is -0.159. The Kier molecular flexibility index (Phi) is 6.36. The van der Waals surface area contributed by atoms with Crippen molar-refractivity contribution in [2.24, 2.45) is 0 Å². The molecule has 3 rings (SSSR count). The standard InChI is InChI=1S/C18H22N4O4S/c1-3-26-9-8-15(23)19-18-21-20-17(27-18)12-10-16(24)22(11-12)13-4-6-14(25-2)7-5-13/h4-7,12H,3,8-11H2,1-2H3,(H,19,21,23). The van der Waals surface area contributed by atoms with E-state index >= 15 is 0 Å². The van der Waals surface area contributed by atoms with Gasteiger partial charge in [-0.05, 0) is 31.2 Å². The lowest BCUT2D eigenvalue weighted by molar-refractivity contribution is -0.118. The molecule has 27 heavy (non-hydrogen) atoms. The zero-order chi connectivity index (χ0) is 19.2. The second kappa shape index (κ2) is 8.92. The van der Waals surface area contributed by atoms with E-state index in [4.69, 9.17) is 9.47 Å². The minimum absolute atomic E-state index is 0.0359. The number of nitrogens with zero attached hydrogens (tertiary/aromatic N) is 3. The van der Waals surface area contributed by atoms with Gasteiger partial charge in [-0.1, -0.05) is 11.3 Å². The van der Waals surface area contributed by atoms with Crippen LogP contribution >= 0.6 is 11.3 Å². The number of aromatic nitrogens is 2. The molecule has 1 aromatic carbocycles. The molecule has 2 aromatic rings. The first-order valence-electron chi connectivity index (χ1n) is 8.76. The van der Waals surface area contributed by atoms with Crippen LogP contribution < -0.4 is 15.0 Å². The molecule has 0 radical (unpaired) electrons. The second-order valence-corrected chi connectivity index (χ2v) is 7.05. The molecule has 1 saturated heterocycles. The third-order valence-electron chi connectivity index (χ3n) is 4.22. The highest BCUT2D eigenvalue weighted by Gasteiger charge is 2.34. The van der Waals surface area contributed by atoms with E-state index in [0.29, 0.717) is 31.3 Å². The van der Waals surface area contributed by atoms with Crippen molar-refractivity contribution in [2.45, 2.75) is 25.7 Å². The topological polar surface area (TPSA) is 93.7 Å². The number of hydrogen-bond acceptors (Lipinski definition) is 7. The third-order valence-corrected chi connectivity index (χ3v) is 5.22. The van der Waals surface area contributed by atoms with Crippen molar-refractivity contribution < 1.29 is 19.1 Å². The molecule has 1 atom stereocenters. The number of amides is 2. The first kappa shape index (κ1) is 19.2. The minimum Gasteiger partial charge on any atom is -0.497 e. The van der Waals surface area contributed by atoms with Gasteiger partial charge in [0, 0.05) is 31.2 Å². The molecule has 0 bridgehead atoms. The number of ether oxygens (including phenoxy) is 2. The van der Waals surface area contributed by atoms with Crippen LogP contribution in [0.4, 0.5) is 10.8 Å². The first-order valence-corrected chi connectivity index (χ1v) is 9.57. The van der Waals surface area contributed by atoms with Gasteiger partial charge in [-0.25, -0.2) is 0 Å². The van der Waals surface area contributed by atoms with Crippen molar-refractivity contribution in [1.29, 1.82) is 0 Å². The molecule has 1 aliphatic heterocycles. The van der Waals surface area contributed by atoms with Crippen LogP contribution in [0.3, 0.4) is 0 Å². The summed E-state index contributed by atoms with van der Waals surface area (Å²) in [5.41, 5.74) is 0.831.